The zero-order valence-corrected chi connectivity index (χ0v) is 12.9. The fourth-order valence-corrected chi connectivity index (χ4v) is 2.28. The molecule has 0 amide bonds. The molecule has 0 aliphatic heterocycles. The van der Waals surface area contributed by atoms with Crippen molar-refractivity contribution >= 4 is 33.2 Å². The number of ether oxygens (including phenoxy) is 1. The van der Waals surface area contributed by atoms with E-state index in [9.17, 15) is 10.1 Å². The lowest BCUT2D eigenvalue weighted by Gasteiger charge is -2.10. The largest absolute Gasteiger partial charge is 0.456 e. The second-order valence-electron chi connectivity index (χ2n) is 4.21. The first-order valence-electron chi connectivity index (χ1n) is 5.78. The van der Waals surface area contributed by atoms with Crippen LogP contribution in [0.5, 0.6) is 11.5 Å². The first-order valence-corrected chi connectivity index (χ1v) is 7.28. The van der Waals surface area contributed by atoms with Gasteiger partial charge >= 0.3 is 0 Å². The van der Waals surface area contributed by atoms with Crippen LogP contribution in [0.1, 0.15) is 11.1 Å². The summed E-state index contributed by atoms with van der Waals surface area (Å²) in [5.41, 5.74) is 2.05. The highest BCUT2D eigenvalue weighted by atomic mass is 79.9. The number of nitro groups is 1. The van der Waals surface area contributed by atoms with Crippen molar-refractivity contribution in [2.24, 2.45) is 0 Å². The van der Waals surface area contributed by atoms with E-state index in [4.69, 9.17) is 16.3 Å². The van der Waals surface area contributed by atoms with Gasteiger partial charge in [-0.15, -0.1) is 0 Å². The summed E-state index contributed by atoms with van der Waals surface area (Å²) in [6, 6.07) is 9.93. The zero-order chi connectivity index (χ0) is 14.7. The highest BCUT2D eigenvalue weighted by Gasteiger charge is 2.11. The van der Waals surface area contributed by atoms with Crippen LogP contribution in [0.3, 0.4) is 0 Å². The summed E-state index contributed by atoms with van der Waals surface area (Å²) < 4.78 is 5.70. The summed E-state index contributed by atoms with van der Waals surface area (Å²) in [6.45, 7) is 1.93. The molecule has 0 saturated heterocycles. The van der Waals surface area contributed by atoms with Crippen molar-refractivity contribution in [1.82, 2.24) is 0 Å². The summed E-state index contributed by atoms with van der Waals surface area (Å²) in [4.78, 5) is 10.2. The van der Waals surface area contributed by atoms with E-state index in [0.29, 0.717) is 11.5 Å². The van der Waals surface area contributed by atoms with Gasteiger partial charge < -0.3 is 4.74 Å². The van der Waals surface area contributed by atoms with E-state index in [1.54, 1.807) is 0 Å². The molecular weight excluding hydrogens is 346 g/mol. The molecule has 0 fully saturated rings. The molecule has 20 heavy (non-hydrogen) atoms. The number of rotatable bonds is 4. The molecule has 0 radical (unpaired) electrons. The van der Waals surface area contributed by atoms with Crippen molar-refractivity contribution in [2.75, 3.05) is 0 Å². The molecule has 2 rings (SSSR count). The molecule has 0 N–H and O–H groups in total. The number of alkyl halides is 1. The first-order chi connectivity index (χ1) is 9.51. The highest BCUT2D eigenvalue weighted by Crippen LogP contribution is 2.33. The summed E-state index contributed by atoms with van der Waals surface area (Å²) in [5.74, 6) is 1.07. The maximum atomic E-state index is 10.6. The predicted molar refractivity (Wildman–Crippen MR) is 82.0 cm³/mol. The molecule has 104 valence electrons. The van der Waals surface area contributed by atoms with Crippen LogP contribution in [-0.4, -0.2) is 4.92 Å². The number of benzene rings is 2. The Morgan fingerprint density at radius 3 is 2.50 bits per heavy atom. The van der Waals surface area contributed by atoms with Gasteiger partial charge in [0.25, 0.3) is 5.69 Å². The third-order valence-corrected chi connectivity index (χ3v) is 3.68. The van der Waals surface area contributed by atoms with Crippen LogP contribution in [0.4, 0.5) is 5.69 Å². The van der Waals surface area contributed by atoms with E-state index in [2.05, 4.69) is 15.9 Å². The lowest BCUT2D eigenvalue weighted by atomic mass is 10.1. The number of nitrogens with zero attached hydrogens (tertiary/aromatic N) is 1. The molecule has 0 unspecified atom stereocenters. The van der Waals surface area contributed by atoms with Crippen LogP contribution in [0.25, 0.3) is 0 Å². The molecule has 6 heteroatoms. The van der Waals surface area contributed by atoms with Crippen molar-refractivity contribution in [2.45, 2.75) is 12.3 Å². The topological polar surface area (TPSA) is 52.4 Å². The zero-order valence-electron chi connectivity index (χ0n) is 10.6. The fourth-order valence-electron chi connectivity index (χ4n) is 1.71. The van der Waals surface area contributed by atoms with Gasteiger partial charge in [-0.2, -0.15) is 0 Å². The molecule has 0 saturated carbocycles. The molecular formula is C14H11BrClNO3. The fraction of sp³-hybridized carbons (Fsp3) is 0.143. The molecule has 4 nitrogen and oxygen atoms in total. The van der Waals surface area contributed by atoms with Crippen molar-refractivity contribution < 1.29 is 9.66 Å². The van der Waals surface area contributed by atoms with Crippen LogP contribution in [0.2, 0.25) is 5.02 Å². The maximum Gasteiger partial charge on any atom is 0.271 e. The highest BCUT2D eigenvalue weighted by molar-refractivity contribution is 9.08. The number of halogens is 2. The van der Waals surface area contributed by atoms with E-state index < -0.39 is 4.92 Å². The van der Waals surface area contributed by atoms with Gasteiger partial charge in [-0.05, 0) is 30.2 Å². The molecule has 0 bridgehead atoms. The van der Waals surface area contributed by atoms with Crippen molar-refractivity contribution in [3.05, 3.63) is 62.7 Å². The molecule has 2 aromatic rings. The van der Waals surface area contributed by atoms with Gasteiger partial charge in [0, 0.05) is 17.5 Å². The monoisotopic (exact) mass is 355 g/mol. The van der Waals surface area contributed by atoms with E-state index in [0.717, 1.165) is 16.5 Å². The normalized spacial score (nSPS) is 10.3. The summed E-state index contributed by atoms with van der Waals surface area (Å²) in [7, 11) is 0. The summed E-state index contributed by atoms with van der Waals surface area (Å²) in [6.07, 6.45) is 0. The Morgan fingerprint density at radius 1 is 1.25 bits per heavy atom. The minimum Gasteiger partial charge on any atom is -0.456 e. The van der Waals surface area contributed by atoms with E-state index >= 15 is 0 Å². The first kappa shape index (κ1) is 14.8. The van der Waals surface area contributed by atoms with Crippen LogP contribution in [0.15, 0.2) is 36.4 Å². The lowest BCUT2D eigenvalue weighted by Crippen LogP contribution is -1.92. The minimum absolute atomic E-state index is 0.0614. The van der Waals surface area contributed by atoms with Crippen molar-refractivity contribution in [3.63, 3.8) is 0 Å². The molecule has 0 spiro atoms. The number of aryl methyl sites for hydroxylation is 1. The molecule has 2 aromatic carbocycles. The Balaban J connectivity index is 2.28. The van der Waals surface area contributed by atoms with Gasteiger partial charge in [0.15, 0.2) is 0 Å². The second-order valence-corrected chi connectivity index (χ2v) is 5.18. The Bertz CT molecular complexity index is 661. The number of hydrogen-bond donors (Lipinski definition) is 0. The summed E-state index contributed by atoms with van der Waals surface area (Å²) >= 11 is 9.39. The van der Waals surface area contributed by atoms with Gasteiger partial charge in [-0.1, -0.05) is 39.7 Å². The van der Waals surface area contributed by atoms with Crippen LogP contribution in [0, 0.1) is 17.0 Å². The quantitative estimate of drug-likeness (QED) is 0.427. The standard InChI is InChI=1S/C14H11BrClNO3/c1-9-6-10(8-15)2-4-13(9)20-14-5-3-11(17(18)19)7-12(14)16/h2-7H,8H2,1H3. The van der Waals surface area contributed by atoms with Gasteiger partial charge in [0.1, 0.15) is 11.5 Å². The van der Waals surface area contributed by atoms with Crippen molar-refractivity contribution in [3.8, 4) is 11.5 Å². The van der Waals surface area contributed by atoms with E-state index in [1.807, 2.05) is 25.1 Å². The van der Waals surface area contributed by atoms with Gasteiger partial charge in [0.2, 0.25) is 0 Å². The number of nitro benzene ring substituents is 1. The average Bonchev–Trinajstić information content (AvgIpc) is 2.42. The van der Waals surface area contributed by atoms with Crippen LogP contribution < -0.4 is 4.74 Å². The van der Waals surface area contributed by atoms with E-state index in [-0.39, 0.29) is 10.7 Å². The van der Waals surface area contributed by atoms with E-state index in [1.165, 1.54) is 18.2 Å². The second kappa shape index (κ2) is 6.24. The maximum absolute atomic E-state index is 10.6. The van der Waals surface area contributed by atoms with Crippen molar-refractivity contribution in [1.29, 1.82) is 0 Å². The Kier molecular flexibility index (Phi) is 4.62. The van der Waals surface area contributed by atoms with Gasteiger partial charge in [0.05, 0.1) is 9.95 Å². The number of non-ortho nitro benzene ring substituents is 1. The summed E-state index contributed by atoms with van der Waals surface area (Å²) in [5, 5.41) is 11.6. The van der Waals surface area contributed by atoms with Gasteiger partial charge in [-0.3, -0.25) is 10.1 Å². The average molecular weight is 357 g/mol. The van der Waals surface area contributed by atoms with Crippen LogP contribution >= 0.6 is 27.5 Å². The smallest absolute Gasteiger partial charge is 0.271 e. The molecule has 0 aromatic heterocycles. The Labute approximate surface area is 129 Å². The van der Waals surface area contributed by atoms with Crippen LogP contribution in [-0.2, 0) is 5.33 Å². The molecule has 0 atom stereocenters. The Morgan fingerprint density at radius 2 is 1.95 bits per heavy atom. The Hall–Kier alpha value is -1.59. The molecule has 0 heterocycles. The van der Waals surface area contributed by atoms with Gasteiger partial charge in [-0.25, -0.2) is 0 Å². The third kappa shape index (κ3) is 3.29. The molecule has 0 aliphatic rings. The SMILES string of the molecule is Cc1cc(CBr)ccc1Oc1ccc([N+](=O)[O-])cc1Cl. The minimum atomic E-state index is -0.494. The predicted octanol–water partition coefficient (Wildman–Crippen LogP) is 5.24. The lowest BCUT2D eigenvalue weighted by molar-refractivity contribution is -0.384. The third-order valence-electron chi connectivity index (χ3n) is 2.74. The number of hydrogen-bond acceptors (Lipinski definition) is 3. The molecule has 0 aliphatic carbocycles.